The summed E-state index contributed by atoms with van der Waals surface area (Å²) >= 11 is 0. The maximum absolute atomic E-state index is 12.0. The number of aromatic nitrogens is 5. The number of fused-ring (bicyclic) bond motifs is 1. The predicted octanol–water partition coefficient (Wildman–Crippen LogP) is 3.51. The average Bonchev–Trinajstić information content (AvgIpc) is 3.03. The molecule has 8 nitrogen and oxygen atoms in total. The molecule has 1 N–H and O–H groups in total. The molecule has 0 radical (unpaired) electrons. The molecule has 8 heteroatoms. The Balaban J connectivity index is 2.01. The van der Waals surface area contributed by atoms with Crippen molar-refractivity contribution < 1.29 is 14.6 Å². The highest BCUT2D eigenvalue weighted by atomic mass is 16.5. The van der Waals surface area contributed by atoms with Crippen LogP contribution in [0.15, 0.2) is 36.4 Å². The van der Waals surface area contributed by atoms with Gasteiger partial charge in [-0.25, -0.2) is 19.7 Å². The van der Waals surface area contributed by atoms with Crippen molar-refractivity contribution in [1.29, 1.82) is 0 Å². The fourth-order valence-corrected chi connectivity index (χ4v) is 3.31. The quantitative estimate of drug-likeness (QED) is 0.570. The summed E-state index contributed by atoms with van der Waals surface area (Å²) < 4.78 is 6.70. The number of hydrogen-bond donors (Lipinski definition) is 1. The van der Waals surface area contributed by atoms with Crippen LogP contribution in [0.4, 0.5) is 0 Å². The van der Waals surface area contributed by atoms with E-state index < -0.39 is 5.97 Å². The summed E-state index contributed by atoms with van der Waals surface area (Å²) in [6.45, 7) is 5.49. The molecule has 0 saturated carbocycles. The van der Waals surface area contributed by atoms with Crippen molar-refractivity contribution >= 4 is 17.0 Å². The van der Waals surface area contributed by atoms with Gasteiger partial charge in [0.2, 0.25) is 0 Å². The van der Waals surface area contributed by atoms with Crippen LogP contribution in [-0.4, -0.2) is 42.9 Å². The summed E-state index contributed by atoms with van der Waals surface area (Å²) in [5.41, 5.74) is 3.95. The van der Waals surface area contributed by atoms with E-state index in [0.717, 1.165) is 17.0 Å². The summed E-state index contributed by atoms with van der Waals surface area (Å²) in [7, 11) is 1.59. The van der Waals surface area contributed by atoms with Crippen LogP contribution in [0, 0.1) is 20.8 Å². The molecule has 0 saturated heterocycles. The number of rotatable bonds is 4. The number of carboxylic acid groups (broad SMARTS) is 1. The zero-order chi connectivity index (χ0) is 20.7. The zero-order valence-electron chi connectivity index (χ0n) is 16.5. The average molecular weight is 389 g/mol. The molecular formula is C21H19N5O3. The van der Waals surface area contributed by atoms with Crippen LogP contribution in [0.3, 0.4) is 0 Å². The van der Waals surface area contributed by atoms with E-state index in [-0.39, 0.29) is 5.56 Å². The van der Waals surface area contributed by atoms with Crippen LogP contribution >= 0.6 is 0 Å². The lowest BCUT2D eigenvalue weighted by atomic mass is 10.1. The third kappa shape index (κ3) is 3.29. The van der Waals surface area contributed by atoms with E-state index in [1.807, 2.05) is 32.0 Å². The van der Waals surface area contributed by atoms with Crippen LogP contribution in [0.1, 0.15) is 27.4 Å². The lowest BCUT2D eigenvalue weighted by Crippen LogP contribution is -2.07. The second-order valence-electron chi connectivity index (χ2n) is 6.74. The minimum Gasteiger partial charge on any atom is -0.497 e. The van der Waals surface area contributed by atoms with Gasteiger partial charge >= 0.3 is 5.97 Å². The van der Waals surface area contributed by atoms with Crippen molar-refractivity contribution in [3.05, 3.63) is 59.0 Å². The van der Waals surface area contributed by atoms with E-state index in [0.29, 0.717) is 34.1 Å². The van der Waals surface area contributed by atoms with Crippen molar-refractivity contribution in [1.82, 2.24) is 24.7 Å². The van der Waals surface area contributed by atoms with Crippen LogP contribution in [0.25, 0.3) is 28.2 Å². The van der Waals surface area contributed by atoms with Gasteiger partial charge in [0.1, 0.15) is 5.75 Å². The molecule has 3 heterocycles. The van der Waals surface area contributed by atoms with Crippen molar-refractivity contribution in [2.45, 2.75) is 20.8 Å². The van der Waals surface area contributed by atoms with Gasteiger partial charge in [0.05, 0.1) is 29.4 Å². The Bertz CT molecular complexity index is 1230. The molecule has 0 fully saturated rings. The number of aromatic carboxylic acids is 1. The Morgan fingerprint density at radius 3 is 2.24 bits per heavy atom. The Kier molecular flexibility index (Phi) is 4.46. The third-order valence-corrected chi connectivity index (χ3v) is 4.59. The molecule has 4 aromatic rings. The fraction of sp³-hybridized carbons (Fsp3) is 0.190. The molecule has 0 bridgehead atoms. The second kappa shape index (κ2) is 6.97. The van der Waals surface area contributed by atoms with Crippen LogP contribution in [0.5, 0.6) is 5.75 Å². The number of aryl methyl sites for hydroxylation is 3. The number of benzene rings is 1. The van der Waals surface area contributed by atoms with Crippen molar-refractivity contribution in [2.75, 3.05) is 7.11 Å². The number of carbonyl (C=O) groups is 1. The lowest BCUT2D eigenvalue weighted by Gasteiger charge is -2.08. The molecule has 0 atom stereocenters. The molecule has 0 aliphatic rings. The number of ether oxygens (including phenoxy) is 1. The monoisotopic (exact) mass is 389 g/mol. The Morgan fingerprint density at radius 2 is 1.66 bits per heavy atom. The van der Waals surface area contributed by atoms with Gasteiger partial charge in [-0.2, -0.15) is 9.78 Å². The first-order valence-electron chi connectivity index (χ1n) is 8.98. The standard InChI is InChI=1S/C21H19N5O3/c1-11-9-12(2)23-21(22-11)26-19-18(13(3)25-26)16(20(27)28)10-17(24-19)14-5-7-15(29-4)8-6-14/h5-10H,1-4H3,(H,27,28). The van der Waals surface area contributed by atoms with Crippen LogP contribution in [0.2, 0.25) is 0 Å². The fourth-order valence-electron chi connectivity index (χ4n) is 3.31. The summed E-state index contributed by atoms with van der Waals surface area (Å²) in [5, 5.41) is 14.8. The van der Waals surface area contributed by atoms with Crippen molar-refractivity contribution in [3.63, 3.8) is 0 Å². The maximum Gasteiger partial charge on any atom is 0.336 e. The highest BCUT2D eigenvalue weighted by Gasteiger charge is 2.21. The largest absolute Gasteiger partial charge is 0.497 e. The zero-order valence-corrected chi connectivity index (χ0v) is 16.5. The maximum atomic E-state index is 12.0. The number of hydrogen-bond acceptors (Lipinski definition) is 6. The van der Waals surface area contributed by atoms with E-state index in [2.05, 4.69) is 15.1 Å². The van der Waals surface area contributed by atoms with E-state index in [1.165, 1.54) is 4.68 Å². The van der Waals surface area contributed by atoms with Gasteiger partial charge in [-0.15, -0.1) is 0 Å². The van der Waals surface area contributed by atoms with E-state index in [1.54, 1.807) is 32.2 Å². The molecule has 0 aliphatic carbocycles. The molecule has 4 rings (SSSR count). The Morgan fingerprint density at radius 1 is 1.00 bits per heavy atom. The summed E-state index contributed by atoms with van der Waals surface area (Å²) in [6.07, 6.45) is 0. The van der Waals surface area contributed by atoms with Crippen LogP contribution < -0.4 is 4.74 Å². The molecule has 1 aromatic carbocycles. The molecule has 0 spiro atoms. The predicted molar refractivity (Wildman–Crippen MR) is 108 cm³/mol. The Hall–Kier alpha value is -3.81. The third-order valence-electron chi connectivity index (χ3n) is 4.59. The molecule has 29 heavy (non-hydrogen) atoms. The van der Waals surface area contributed by atoms with Gasteiger partial charge in [-0.05, 0) is 57.2 Å². The normalized spacial score (nSPS) is 11.0. The van der Waals surface area contributed by atoms with Crippen molar-refractivity contribution in [2.24, 2.45) is 0 Å². The highest BCUT2D eigenvalue weighted by Crippen LogP contribution is 2.29. The van der Waals surface area contributed by atoms with E-state index in [9.17, 15) is 9.90 Å². The second-order valence-corrected chi connectivity index (χ2v) is 6.74. The van der Waals surface area contributed by atoms with Gasteiger partial charge in [0.15, 0.2) is 5.65 Å². The van der Waals surface area contributed by atoms with E-state index in [4.69, 9.17) is 9.72 Å². The van der Waals surface area contributed by atoms with Gasteiger partial charge in [0.25, 0.3) is 5.95 Å². The van der Waals surface area contributed by atoms with Gasteiger partial charge in [-0.3, -0.25) is 0 Å². The highest BCUT2D eigenvalue weighted by molar-refractivity contribution is 6.04. The first-order chi connectivity index (χ1) is 13.9. The minimum atomic E-state index is -1.05. The van der Waals surface area contributed by atoms with Gasteiger partial charge in [0, 0.05) is 17.0 Å². The summed E-state index contributed by atoms with van der Waals surface area (Å²) in [5.74, 6) is 0.0188. The number of carboxylic acids is 1. The summed E-state index contributed by atoms with van der Waals surface area (Å²) in [6, 6.07) is 10.7. The first-order valence-corrected chi connectivity index (χ1v) is 8.98. The minimum absolute atomic E-state index is 0.133. The molecule has 0 aliphatic heterocycles. The SMILES string of the molecule is COc1ccc(-c2cc(C(=O)O)c3c(C)nn(-c4nc(C)cc(C)n4)c3n2)cc1. The smallest absolute Gasteiger partial charge is 0.336 e. The van der Waals surface area contributed by atoms with Crippen LogP contribution in [-0.2, 0) is 0 Å². The first kappa shape index (κ1) is 18.5. The lowest BCUT2D eigenvalue weighted by molar-refractivity contribution is 0.0699. The number of nitrogens with zero attached hydrogens (tertiary/aromatic N) is 5. The molecular weight excluding hydrogens is 370 g/mol. The number of methoxy groups -OCH3 is 1. The van der Waals surface area contributed by atoms with E-state index >= 15 is 0 Å². The number of pyridine rings is 1. The topological polar surface area (TPSA) is 103 Å². The molecule has 0 amide bonds. The van der Waals surface area contributed by atoms with Gasteiger partial charge < -0.3 is 9.84 Å². The molecule has 0 unspecified atom stereocenters. The van der Waals surface area contributed by atoms with Crippen molar-refractivity contribution in [3.8, 4) is 23.0 Å². The van der Waals surface area contributed by atoms with Gasteiger partial charge in [-0.1, -0.05) is 0 Å². The summed E-state index contributed by atoms with van der Waals surface area (Å²) in [4.78, 5) is 25.6. The molecule has 146 valence electrons. The Labute approximate surface area is 166 Å². The molecule has 3 aromatic heterocycles.